The maximum absolute atomic E-state index is 13.0. The van der Waals surface area contributed by atoms with Gasteiger partial charge in [-0.15, -0.1) is 0 Å². The van der Waals surface area contributed by atoms with Crippen molar-refractivity contribution in [2.45, 2.75) is 24.2 Å². The van der Waals surface area contributed by atoms with E-state index in [0.717, 1.165) is 40.4 Å². The molecule has 1 aromatic heterocycles. The molecule has 1 aliphatic heterocycles. The van der Waals surface area contributed by atoms with Crippen molar-refractivity contribution < 1.29 is 17.6 Å². The monoisotopic (exact) mass is 432 g/mol. The van der Waals surface area contributed by atoms with Gasteiger partial charge < -0.3 is 9.32 Å². The lowest BCUT2D eigenvalue weighted by atomic mass is 10.1. The predicted octanol–water partition coefficient (Wildman–Crippen LogP) is 4.69. The quantitative estimate of drug-likeness (QED) is 0.508. The Morgan fingerprint density at radius 3 is 2.61 bits per heavy atom. The molecule has 2 aliphatic rings. The number of rotatable bonds is 4. The van der Waals surface area contributed by atoms with Crippen LogP contribution in [0.4, 0.5) is 11.4 Å². The van der Waals surface area contributed by atoms with Crippen LogP contribution in [0.5, 0.6) is 0 Å². The molecule has 0 radical (unpaired) electrons. The highest BCUT2D eigenvalue weighted by Gasteiger charge is 2.36. The lowest BCUT2D eigenvalue weighted by Crippen LogP contribution is -2.30. The summed E-state index contributed by atoms with van der Waals surface area (Å²) >= 11 is 0. The Morgan fingerprint density at radius 2 is 1.77 bits per heavy atom. The van der Waals surface area contributed by atoms with Crippen LogP contribution < -0.4 is 9.62 Å². The molecule has 0 atom stereocenters. The van der Waals surface area contributed by atoms with Gasteiger partial charge in [-0.3, -0.25) is 9.52 Å². The lowest BCUT2D eigenvalue weighted by Gasteiger charge is -2.17. The third-order valence-electron chi connectivity index (χ3n) is 6.08. The average molecular weight is 433 g/mol. The molecular formula is C24H20N2O4S. The Morgan fingerprint density at radius 1 is 0.968 bits per heavy atom. The summed E-state index contributed by atoms with van der Waals surface area (Å²) < 4.78 is 34.6. The largest absolute Gasteiger partial charge is 0.456 e. The fourth-order valence-corrected chi connectivity index (χ4v) is 5.43. The van der Waals surface area contributed by atoms with Gasteiger partial charge in [0.25, 0.3) is 10.0 Å². The van der Waals surface area contributed by atoms with Gasteiger partial charge in [0.2, 0.25) is 5.91 Å². The molecule has 1 amide bonds. The fraction of sp³-hybridized carbons (Fsp3) is 0.208. The van der Waals surface area contributed by atoms with E-state index in [0.29, 0.717) is 24.2 Å². The number of carbonyl (C=O) groups excluding carboxylic acids is 1. The molecule has 1 saturated carbocycles. The standard InChI is InChI=1S/C24H20N2O4S/c27-24(15-5-6-15)26-12-11-16-13-18(8-10-21(16)26)31(28,29)25-17-7-9-20-19-3-1-2-4-22(19)30-23(20)14-17/h1-4,7-10,13-15,25H,5-6,11-12H2. The summed E-state index contributed by atoms with van der Waals surface area (Å²) in [4.78, 5) is 14.4. The van der Waals surface area contributed by atoms with Crippen molar-refractivity contribution in [2.24, 2.45) is 5.92 Å². The maximum atomic E-state index is 13.0. The molecule has 4 aromatic rings. The molecule has 6 nitrogen and oxygen atoms in total. The Kier molecular flexibility index (Phi) is 3.92. The first-order chi connectivity index (χ1) is 15.0. The minimum atomic E-state index is -3.77. The average Bonchev–Trinajstić information content (AvgIpc) is 3.42. The second kappa shape index (κ2) is 6.59. The van der Waals surface area contributed by atoms with Gasteiger partial charge in [-0.05, 0) is 61.2 Å². The molecule has 1 fully saturated rings. The van der Waals surface area contributed by atoms with E-state index in [4.69, 9.17) is 4.42 Å². The van der Waals surface area contributed by atoms with E-state index in [9.17, 15) is 13.2 Å². The van der Waals surface area contributed by atoms with Crippen LogP contribution in [-0.2, 0) is 21.2 Å². The molecule has 0 bridgehead atoms. The van der Waals surface area contributed by atoms with Gasteiger partial charge in [0.05, 0.1) is 10.6 Å². The van der Waals surface area contributed by atoms with E-state index in [2.05, 4.69) is 4.72 Å². The van der Waals surface area contributed by atoms with Crippen molar-refractivity contribution in [3.05, 3.63) is 66.2 Å². The molecule has 0 saturated heterocycles. The molecule has 7 heteroatoms. The van der Waals surface area contributed by atoms with Crippen molar-refractivity contribution in [3.8, 4) is 0 Å². The Labute approximate surface area is 179 Å². The number of nitrogens with one attached hydrogen (secondary N) is 1. The lowest BCUT2D eigenvalue weighted by molar-refractivity contribution is -0.119. The highest BCUT2D eigenvalue weighted by atomic mass is 32.2. The van der Waals surface area contributed by atoms with Gasteiger partial charge >= 0.3 is 0 Å². The third-order valence-corrected chi connectivity index (χ3v) is 7.46. The topological polar surface area (TPSA) is 79.6 Å². The molecule has 0 spiro atoms. The van der Waals surface area contributed by atoms with Crippen LogP contribution >= 0.6 is 0 Å². The normalized spacial score (nSPS) is 16.1. The molecule has 3 aromatic carbocycles. The maximum Gasteiger partial charge on any atom is 0.261 e. The first kappa shape index (κ1) is 18.4. The van der Waals surface area contributed by atoms with E-state index in [1.54, 1.807) is 35.2 Å². The van der Waals surface area contributed by atoms with E-state index in [1.165, 1.54) is 0 Å². The van der Waals surface area contributed by atoms with Crippen LogP contribution in [0.1, 0.15) is 18.4 Å². The van der Waals surface area contributed by atoms with Crippen molar-refractivity contribution >= 4 is 49.2 Å². The van der Waals surface area contributed by atoms with Crippen LogP contribution in [0.3, 0.4) is 0 Å². The number of hydrogen-bond donors (Lipinski definition) is 1. The first-order valence-corrected chi connectivity index (χ1v) is 11.9. The van der Waals surface area contributed by atoms with Gasteiger partial charge in [-0.1, -0.05) is 18.2 Å². The van der Waals surface area contributed by atoms with Crippen molar-refractivity contribution in [3.63, 3.8) is 0 Å². The van der Waals surface area contributed by atoms with Crippen molar-refractivity contribution in [2.75, 3.05) is 16.2 Å². The second-order valence-electron chi connectivity index (χ2n) is 8.22. The number of sulfonamides is 1. The number of para-hydroxylation sites is 1. The number of nitrogens with zero attached hydrogens (tertiary/aromatic N) is 1. The zero-order valence-corrected chi connectivity index (χ0v) is 17.5. The van der Waals surface area contributed by atoms with Crippen molar-refractivity contribution in [1.29, 1.82) is 0 Å². The summed E-state index contributed by atoms with van der Waals surface area (Å²) in [6.45, 7) is 0.615. The number of anilines is 2. The molecule has 31 heavy (non-hydrogen) atoms. The SMILES string of the molecule is O=C(C1CC1)N1CCc2cc(S(=O)(=O)Nc3ccc4c(c3)oc3ccccc34)ccc21. The van der Waals surface area contributed by atoms with Gasteiger partial charge in [-0.25, -0.2) is 8.42 Å². The van der Waals surface area contributed by atoms with Crippen LogP contribution in [0.2, 0.25) is 0 Å². The van der Waals surface area contributed by atoms with Gasteiger partial charge in [0.1, 0.15) is 11.2 Å². The van der Waals surface area contributed by atoms with E-state index in [1.807, 2.05) is 30.3 Å². The van der Waals surface area contributed by atoms with E-state index < -0.39 is 10.0 Å². The van der Waals surface area contributed by atoms with Gasteiger partial charge in [0, 0.05) is 35.0 Å². The van der Waals surface area contributed by atoms with E-state index in [-0.39, 0.29) is 16.7 Å². The number of furan rings is 1. The van der Waals surface area contributed by atoms with E-state index >= 15 is 0 Å². The number of fused-ring (bicyclic) bond motifs is 4. The van der Waals surface area contributed by atoms with Gasteiger partial charge in [0.15, 0.2) is 0 Å². The third kappa shape index (κ3) is 3.08. The molecule has 6 rings (SSSR count). The summed E-state index contributed by atoms with van der Waals surface area (Å²) in [5.41, 5.74) is 3.56. The fourth-order valence-electron chi connectivity index (χ4n) is 4.33. The molecular weight excluding hydrogens is 412 g/mol. The molecule has 2 heterocycles. The molecule has 0 unspecified atom stereocenters. The minimum Gasteiger partial charge on any atom is -0.456 e. The summed E-state index contributed by atoms with van der Waals surface area (Å²) in [6.07, 6.45) is 2.58. The number of carbonyl (C=O) groups is 1. The van der Waals surface area contributed by atoms with Crippen LogP contribution in [0.15, 0.2) is 70.0 Å². The summed E-state index contributed by atoms with van der Waals surface area (Å²) in [7, 11) is -3.77. The number of hydrogen-bond acceptors (Lipinski definition) is 4. The summed E-state index contributed by atoms with van der Waals surface area (Å²) in [5, 5.41) is 1.94. The second-order valence-corrected chi connectivity index (χ2v) is 9.90. The summed E-state index contributed by atoms with van der Waals surface area (Å²) in [5.74, 6) is 0.302. The zero-order chi connectivity index (χ0) is 21.2. The molecule has 1 N–H and O–H groups in total. The number of amides is 1. The van der Waals surface area contributed by atoms with Crippen LogP contribution in [0.25, 0.3) is 21.9 Å². The smallest absolute Gasteiger partial charge is 0.261 e. The Hall–Kier alpha value is -3.32. The Bertz CT molecular complexity index is 1470. The number of benzene rings is 3. The van der Waals surface area contributed by atoms with Gasteiger partial charge in [-0.2, -0.15) is 0 Å². The first-order valence-electron chi connectivity index (χ1n) is 10.4. The van der Waals surface area contributed by atoms with Crippen LogP contribution in [0, 0.1) is 5.92 Å². The molecule has 156 valence electrons. The highest BCUT2D eigenvalue weighted by Crippen LogP contribution is 2.37. The minimum absolute atomic E-state index is 0.143. The molecule has 1 aliphatic carbocycles. The Balaban J connectivity index is 1.30. The zero-order valence-electron chi connectivity index (χ0n) is 16.7. The van der Waals surface area contributed by atoms with Crippen molar-refractivity contribution in [1.82, 2.24) is 0 Å². The summed E-state index contributed by atoms with van der Waals surface area (Å²) in [6, 6.07) is 18.0. The van der Waals surface area contributed by atoms with Crippen LogP contribution in [-0.4, -0.2) is 20.9 Å². The highest BCUT2D eigenvalue weighted by molar-refractivity contribution is 7.92. The predicted molar refractivity (Wildman–Crippen MR) is 120 cm³/mol.